The van der Waals surface area contributed by atoms with Crippen LogP contribution in [0.4, 0.5) is 0 Å². The van der Waals surface area contributed by atoms with E-state index in [-0.39, 0.29) is 0 Å². The number of nitrogens with zero attached hydrogens (tertiary/aromatic N) is 2. The van der Waals surface area contributed by atoms with Crippen LogP contribution < -0.4 is 15.4 Å². The molecular weight excluding hydrogens is 316 g/mol. The highest BCUT2D eigenvalue weighted by atomic mass is 16.5. The van der Waals surface area contributed by atoms with Gasteiger partial charge in [0.25, 0.3) is 0 Å². The maximum atomic E-state index is 5.65. The Morgan fingerprint density at radius 2 is 1.84 bits per heavy atom. The molecule has 134 valence electrons. The minimum atomic E-state index is 0.473. The molecule has 0 fully saturated rings. The second kappa shape index (κ2) is 10.3. The molecular formula is C19H26N4O2. The monoisotopic (exact) mass is 342 g/mol. The lowest BCUT2D eigenvalue weighted by molar-refractivity contribution is 0.143. The molecule has 1 heterocycles. The lowest BCUT2D eigenvalue weighted by Crippen LogP contribution is -2.36. The molecule has 0 saturated carbocycles. The number of hydrogen-bond acceptors (Lipinski definition) is 4. The third kappa shape index (κ3) is 6.43. The summed E-state index contributed by atoms with van der Waals surface area (Å²) in [7, 11) is 3.40. The van der Waals surface area contributed by atoms with Gasteiger partial charge in [0.1, 0.15) is 6.61 Å². The van der Waals surface area contributed by atoms with Crippen LogP contribution in [0.5, 0.6) is 5.88 Å². The number of aliphatic imine (C=N–C) groups is 1. The van der Waals surface area contributed by atoms with Gasteiger partial charge in [0.2, 0.25) is 5.88 Å². The fraction of sp³-hybridized carbons (Fsp3) is 0.368. The molecule has 6 nitrogen and oxygen atoms in total. The minimum absolute atomic E-state index is 0.473. The number of aryl methyl sites for hydroxylation is 1. The van der Waals surface area contributed by atoms with E-state index in [1.807, 2.05) is 12.1 Å². The maximum Gasteiger partial charge on any atom is 0.218 e. The van der Waals surface area contributed by atoms with Crippen molar-refractivity contribution in [2.75, 3.05) is 27.4 Å². The van der Waals surface area contributed by atoms with Crippen molar-refractivity contribution in [3.63, 3.8) is 0 Å². The van der Waals surface area contributed by atoms with E-state index in [0.29, 0.717) is 32.2 Å². The van der Waals surface area contributed by atoms with Gasteiger partial charge in [-0.15, -0.1) is 0 Å². The van der Waals surface area contributed by atoms with Crippen molar-refractivity contribution in [1.82, 2.24) is 15.6 Å². The third-order valence-electron chi connectivity index (χ3n) is 3.63. The van der Waals surface area contributed by atoms with Gasteiger partial charge in [-0.05, 0) is 18.6 Å². The fourth-order valence-electron chi connectivity index (χ4n) is 2.20. The largest absolute Gasteiger partial charge is 0.475 e. The predicted octanol–water partition coefficient (Wildman–Crippen LogP) is 2.28. The van der Waals surface area contributed by atoms with Crippen molar-refractivity contribution < 1.29 is 9.47 Å². The number of aromatic nitrogens is 1. The first kappa shape index (κ1) is 18.7. The van der Waals surface area contributed by atoms with Gasteiger partial charge in [0.05, 0.1) is 6.61 Å². The Bertz CT molecular complexity index is 671. The molecule has 2 N–H and O–H groups in total. The summed E-state index contributed by atoms with van der Waals surface area (Å²) in [5, 5.41) is 6.59. The molecule has 2 aromatic rings. The van der Waals surface area contributed by atoms with Crippen molar-refractivity contribution in [3.8, 4) is 5.88 Å². The van der Waals surface area contributed by atoms with Gasteiger partial charge < -0.3 is 20.1 Å². The van der Waals surface area contributed by atoms with Gasteiger partial charge in [0, 0.05) is 39.0 Å². The average Bonchev–Trinajstić information content (AvgIpc) is 2.64. The molecule has 2 rings (SSSR count). The Hall–Kier alpha value is -2.60. The molecule has 0 unspecified atom stereocenters. The molecule has 0 aliphatic rings. The van der Waals surface area contributed by atoms with Crippen LogP contribution in [0.3, 0.4) is 0 Å². The molecule has 1 aromatic heterocycles. The van der Waals surface area contributed by atoms with Crippen LogP contribution in [0.15, 0.2) is 47.6 Å². The van der Waals surface area contributed by atoms with Crippen molar-refractivity contribution in [3.05, 3.63) is 59.3 Å². The lowest BCUT2D eigenvalue weighted by atomic mass is 10.1. The molecule has 0 amide bonds. The van der Waals surface area contributed by atoms with Crippen LogP contribution in [-0.2, 0) is 17.8 Å². The summed E-state index contributed by atoms with van der Waals surface area (Å²) in [5.74, 6) is 1.34. The summed E-state index contributed by atoms with van der Waals surface area (Å²) >= 11 is 0. The summed E-state index contributed by atoms with van der Waals surface area (Å²) in [6.07, 6.45) is 1.72. The molecule has 6 heteroatoms. The second-order valence-electron chi connectivity index (χ2n) is 5.57. The first-order valence-electron chi connectivity index (χ1n) is 8.28. The Balaban J connectivity index is 1.87. The minimum Gasteiger partial charge on any atom is -0.475 e. The second-order valence-corrected chi connectivity index (χ2v) is 5.57. The smallest absolute Gasteiger partial charge is 0.218 e. The van der Waals surface area contributed by atoms with Crippen molar-refractivity contribution in [2.45, 2.75) is 20.0 Å². The standard InChI is InChI=1S/C19H26N4O2/c1-15-6-8-16(9-7-15)13-22-19(20-2)23-14-17-5-4-10-21-18(17)25-12-11-24-3/h4-10H,11-14H2,1-3H3,(H2,20,22,23). The van der Waals surface area contributed by atoms with Gasteiger partial charge in [-0.1, -0.05) is 35.9 Å². The van der Waals surface area contributed by atoms with Gasteiger partial charge in [-0.3, -0.25) is 4.99 Å². The number of benzene rings is 1. The zero-order valence-corrected chi connectivity index (χ0v) is 15.1. The average molecular weight is 342 g/mol. The number of methoxy groups -OCH3 is 1. The Kier molecular flexibility index (Phi) is 7.72. The van der Waals surface area contributed by atoms with E-state index < -0.39 is 0 Å². The van der Waals surface area contributed by atoms with Crippen LogP contribution in [0.1, 0.15) is 16.7 Å². The summed E-state index contributed by atoms with van der Waals surface area (Å²) in [6, 6.07) is 12.3. The van der Waals surface area contributed by atoms with Crippen molar-refractivity contribution in [1.29, 1.82) is 0 Å². The highest BCUT2D eigenvalue weighted by Crippen LogP contribution is 2.13. The van der Waals surface area contributed by atoms with E-state index in [1.165, 1.54) is 11.1 Å². The van der Waals surface area contributed by atoms with Gasteiger partial charge in [-0.2, -0.15) is 0 Å². The number of hydrogen-bond donors (Lipinski definition) is 2. The van der Waals surface area contributed by atoms with Crippen LogP contribution in [-0.4, -0.2) is 38.3 Å². The van der Waals surface area contributed by atoms with Gasteiger partial charge >= 0.3 is 0 Å². The van der Waals surface area contributed by atoms with Crippen molar-refractivity contribution >= 4 is 5.96 Å². The predicted molar refractivity (Wildman–Crippen MR) is 99.8 cm³/mol. The van der Waals surface area contributed by atoms with E-state index in [4.69, 9.17) is 9.47 Å². The highest BCUT2D eigenvalue weighted by Gasteiger charge is 2.06. The topological polar surface area (TPSA) is 67.8 Å². The molecule has 0 aliphatic carbocycles. The number of guanidine groups is 1. The lowest BCUT2D eigenvalue weighted by Gasteiger charge is -2.14. The molecule has 1 aromatic carbocycles. The molecule has 0 bridgehead atoms. The van der Waals surface area contributed by atoms with E-state index in [9.17, 15) is 0 Å². The summed E-state index contributed by atoms with van der Waals surface area (Å²) < 4.78 is 10.7. The maximum absolute atomic E-state index is 5.65. The Labute approximate surface area is 149 Å². The third-order valence-corrected chi connectivity index (χ3v) is 3.63. The van der Waals surface area contributed by atoms with E-state index >= 15 is 0 Å². The van der Waals surface area contributed by atoms with E-state index in [1.54, 1.807) is 20.4 Å². The molecule has 0 radical (unpaired) electrons. The summed E-state index contributed by atoms with van der Waals surface area (Å²) in [6.45, 7) is 4.37. The van der Waals surface area contributed by atoms with E-state index in [0.717, 1.165) is 11.5 Å². The quantitative estimate of drug-likeness (QED) is 0.438. The number of ether oxygens (including phenoxy) is 2. The van der Waals surface area contributed by atoms with E-state index in [2.05, 4.69) is 51.8 Å². The van der Waals surface area contributed by atoms with Crippen LogP contribution in [0.25, 0.3) is 0 Å². The molecule has 0 saturated heterocycles. The molecule has 0 spiro atoms. The number of rotatable bonds is 8. The highest BCUT2D eigenvalue weighted by molar-refractivity contribution is 5.79. The van der Waals surface area contributed by atoms with Gasteiger partial charge in [-0.25, -0.2) is 4.98 Å². The first-order chi connectivity index (χ1) is 12.2. The summed E-state index contributed by atoms with van der Waals surface area (Å²) in [5.41, 5.74) is 3.43. The number of pyridine rings is 1. The zero-order valence-electron chi connectivity index (χ0n) is 15.1. The fourth-order valence-corrected chi connectivity index (χ4v) is 2.20. The van der Waals surface area contributed by atoms with Crippen LogP contribution in [0, 0.1) is 6.92 Å². The molecule has 25 heavy (non-hydrogen) atoms. The first-order valence-corrected chi connectivity index (χ1v) is 8.28. The van der Waals surface area contributed by atoms with Crippen molar-refractivity contribution in [2.24, 2.45) is 4.99 Å². The van der Waals surface area contributed by atoms with Crippen LogP contribution >= 0.6 is 0 Å². The number of nitrogens with one attached hydrogen (secondary N) is 2. The van der Waals surface area contributed by atoms with Crippen LogP contribution in [0.2, 0.25) is 0 Å². The molecule has 0 aliphatic heterocycles. The SMILES string of the molecule is CN=C(NCc1ccc(C)cc1)NCc1cccnc1OCCOC. The zero-order chi connectivity index (χ0) is 17.9. The Morgan fingerprint density at radius 1 is 1.08 bits per heavy atom. The molecule has 0 atom stereocenters. The Morgan fingerprint density at radius 3 is 2.56 bits per heavy atom. The van der Waals surface area contributed by atoms with Gasteiger partial charge in [0.15, 0.2) is 5.96 Å². The normalized spacial score (nSPS) is 11.2. The summed E-state index contributed by atoms with van der Waals surface area (Å²) in [4.78, 5) is 8.53.